The fourth-order valence-electron chi connectivity index (χ4n) is 8.02. The lowest BCUT2D eigenvalue weighted by molar-refractivity contribution is -0.0524. The predicted molar refractivity (Wildman–Crippen MR) is 117 cm³/mol. The average molecular weight is 394 g/mol. The maximum Gasteiger partial charge on any atom is 0.326 e. The molecule has 29 heavy (non-hydrogen) atoms. The average Bonchev–Trinajstić information content (AvgIpc) is 3.01. The van der Waals surface area contributed by atoms with Crippen LogP contribution in [0.3, 0.4) is 0 Å². The molecule has 0 amide bonds. The number of rotatable bonds is 2. The summed E-state index contributed by atoms with van der Waals surface area (Å²) in [7, 11) is 0. The summed E-state index contributed by atoms with van der Waals surface area (Å²) in [6.07, 6.45) is 13.6. The van der Waals surface area contributed by atoms with Gasteiger partial charge in [-0.3, -0.25) is 9.47 Å². The van der Waals surface area contributed by atoms with Gasteiger partial charge in [-0.25, -0.2) is 4.79 Å². The van der Waals surface area contributed by atoms with Gasteiger partial charge in [-0.15, -0.1) is 0 Å². The molecule has 4 bridgehead atoms. The van der Waals surface area contributed by atoms with Crippen molar-refractivity contribution in [3.63, 3.8) is 0 Å². The van der Waals surface area contributed by atoms with Gasteiger partial charge in [0.2, 0.25) is 0 Å². The van der Waals surface area contributed by atoms with Crippen LogP contribution in [-0.4, -0.2) is 32.6 Å². The van der Waals surface area contributed by atoms with Gasteiger partial charge >= 0.3 is 5.69 Å². The minimum atomic E-state index is 0.0870. The van der Waals surface area contributed by atoms with Crippen molar-refractivity contribution in [1.82, 2.24) is 14.5 Å². The van der Waals surface area contributed by atoms with Gasteiger partial charge < -0.3 is 4.98 Å². The smallest absolute Gasteiger partial charge is 0.306 e. The second kappa shape index (κ2) is 7.01. The van der Waals surface area contributed by atoms with Crippen molar-refractivity contribution in [3.05, 3.63) is 34.7 Å². The Labute approximate surface area is 173 Å². The van der Waals surface area contributed by atoms with E-state index in [1.165, 1.54) is 51.4 Å². The third-order valence-corrected chi connectivity index (χ3v) is 8.77. The number of fused-ring (bicyclic) bond motifs is 5. The highest BCUT2D eigenvalue weighted by Gasteiger charge is 2.46. The Morgan fingerprint density at radius 2 is 1.52 bits per heavy atom. The first-order valence-electron chi connectivity index (χ1n) is 12.1. The third kappa shape index (κ3) is 3.10. The largest absolute Gasteiger partial charge is 0.326 e. The van der Waals surface area contributed by atoms with Crippen molar-refractivity contribution in [2.75, 3.05) is 0 Å². The number of piperidine rings is 2. The number of para-hydroxylation sites is 2. The molecule has 2 aliphatic carbocycles. The zero-order valence-corrected chi connectivity index (χ0v) is 17.7. The molecule has 0 spiro atoms. The lowest BCUT2D eigenvalue weighted by Crippen LogP contribution is -2.58. The van der Waals surface area contributed by atoms with Crippen LogP contribution in [0, 0.1) is 17.8 Å². The van der Waals surface area contributed by atoms with Crippen molar-refractivity contribution >= 4 is 11.0 Å². The Balaban J connectivity index is 1.27. The molecule has 4 heteroatoms. The summed E-state index contributed by atoms with van der Waals surface area (Å²) in [5.74, 6) is 2.88. The fraction of sp³-hybridized carbons (Fsp3) is 0.720. The van der Waals surface area contributed by atoms with E-state index in [2.05, 4.69) is 33.5 Å². The minimum Gasteiger partial charge on any atom is -0.306 e. The maximum atomic E-state index is 12.8. The monoisotopic (exact) mass is 393 g/mol. The van der Waals surface area contributed by atoms with Gasteiger partial charge in [-0.1, -0.05) is 25.5 Å². The topological polar surface area (TPSA) is 41.0 Å². The molecular weight excluding hydrogens is 358 g/mol. The van der Waals surface area contributed by atoms with Crippen LogP contribution in [0.4, 0.5) is 0 Å². The molecule has 2 aliphatic heterocycles. The van der Waals surface area contributed by atoms with E-state index in [1.54, 1.807) is 0 Å². The Morgan fingerprint density at radius 3 is 2.24 bits per heavy atom. The second-order valence-electron chi connectivity index (χ2n) is 10.8. The van der Waals surface area contributed by atoms with Gasteiger partial charge in [-0.2, -0.15) is 0 Å². The normalized spacial score (nSPS) is 40.2. The molecule has 2 aromatic rings. The van der Waals surface area contributed by atoms with E-state index in [4.69, 9.17) is 0 Å². The molecule has 6 rings (SSSR count). The standard InChI is InChI=1S/C25H35N3O/c1-16-9-17-11-18(10-16)13-21(12-17)27-19-5-4-6-20(27)15-22(14-19)28-24-8-3-2-7-23(24)26-25(28)29/h2-3,7-8,16-22H,4-6,9-15H2,1H3,(H,26,29)/t16-,17-,18+,19-,20+,21+,22+. The highest BCUT2D eigenvalue weighted by molar-refractivity contribution is 5.75. The van der Waals surface area contributed by atoms with Crippen LogP contribution in [-0.2, 0) is 0 Å². The summed E-state index contributed by atoms with van der Waals surface area (Å²) >= 11 is 0. The number of aromatic amines is 1. The van der Waals surface area contributed by atoms with Gasteiger partial charge in [0, 0.05) is 24.2 Å². The maximum absolute atomic E-state index is 12.8. The van der Waals surface area contributed by atoms with E-state index in [-0.39, 0.29) is 5.69 Å². The fourth-order valence-corrected chi connectivity index (χ4v) is 8.02. The zero-order chi connectivity index (χ0) is 19.5. The van der Waals surface area contributed by atoms with Crippen LogP contribution >= 0.6 is 0 Å². The Morgan fingerprint density at radius 1 is 0.828 bits per heavy atom. The van der Waals surface area contributed by atoms with Gasteiger partial charge in [0.05, 0.1) is 11.0 Å². The van der Waals surface area contributed by atoms with Crippen LogP contribution in [0.1, 0.15) is 77.2 Å². The van der Waals surface area contributed by atoms with E-state index in [0.29, 0.717) is 18.1 Å². The number of imidazole rings is 1. The molecule has 0 unspecified atom stereocenters. The van der Waals surface area contributed by atoms with Gasteiger partial charge in [0.25, 0.3) is 0 Å². The second-order valence-corrected chi connectivity index (χ2v) is 10.8. The molecule has 1 aromatic carbocycles. The summed E-state index contributed by atoms with van der Waals surface area (Å²) < 4.78 is 2.09. The van der Waals surface area contributed by atoms with Crippen LogP contribution in [0.5, 0.6) is 0 Å². The molecule has 7 atom stereocenters. The summed E-state index contributed by atoms with van der Waals surface area (Å²) in [6.45, 7) is 2.47. The van der Waals surface area contributed by atoms with Gasteiger partial charge in [0.1, 0.15) is 0 Å². The molecule has 1 aromatic heterocycles. The van der Waals surface area contributed by atoms with Crippen molar-refractivity contribution in [3.8, 4) is 0 Å². The number of nitrogens with zero attached hydrogens (tertiary/aromatic N) is 2. The van der Waals surface area contributed by atoms with E-state index in [1.807, 2.05) is 12.1 Å². The summed E-state index contributed by atoms with van der Waals surface area (Å²) in [4.78, 5) is 18.9. The first kappa shape index (κ1) is 18.2. The van der Waals surface area contributed by atoms with Gasteiger partial charge in [0.15, 0.2) is 0 Å². The third-order valence-electron chi connectivity index (χ3n) is 8.77. The van der Waals surface area contributed by atoms with Crippen LogP contribution < -0.4 is 5.69 Å². The summed E-state index contributed by atoms with van der Waals surface area (Å²) in [6, 6.07) is 10.7. The molecule has 3 heterocycles. The first-order chi connectivity index (χ1) is 14.2. The molecule has 1 N–H and O–H groups in total. The number of H-pyrrole nitrogens is 1. The number of benzene rings is 1. The number of hydrogen-bond acceptors (Lipinski definition) is 2. The molecule has 2 saturated heterocycles. The summed E-state index contributed by atoms with van der Waals surface area (Å²) in [5, 5.41) is 0. The van der Waals surface area contributed by atoms with Gasteiger partial charge in [-0.05, 0) is 87.7 Å². The van der Waals surface area contributed by atoms with Crippen molar-refractivity contribution in [2.45, 2.75) is 95.3 Å². The number of hydrogen-bond donors (Lipinski definition) is 1. The number of aromatic nitrogens is 2. The molecule has 4 fully saturated rings. The van der Waals surface area contributed by atoms with Crippen LogP contribution in [0.2, 0.25) is 0 Å². The molecule has 4 nitrogen and oxygen atoms in total. The Kier molecular flexibility index (Phi) is 4.41. The van der Waals surface area contributed by atoms with Crippen molar-refractivity contribution in [1.29, 1.82) is 0 Å². The molecule has 156 valence electrons. The van der Waals surface area contributed by atoms with E-state index >= 15 is 0 Å². The Bertz CT molecular complexity index is 913. The lowest BCUT2D eigenvalue weighted by atomic mass is 9.65. The van der Waals surface area contributed by atoms with Crippen molar-refractivity contribution < 1.29 is 0 Å². The zero-order valence-electron chi connectivity index (χ0n) is 17.7. The van der Waals surface area contributed by atoms with E-state index < -0.39 is 0 Å². The van der Waals surface area contributed by atoms with E-state index in [0.717, 1.165) is 47.7 Å². The van der Waals surface area contributed by atoms with Crippen LogP contribution in [0.25, 0.3) is 11.0 Å². The minimum absolute atomic E-state index is 0.0870. The Hall–Kier alpha value is -1.55. The van der Waals surface area contributed by atoms with Crippen molar-refractivity contribution in [2.24, 2.45) is 17.8 Å². The predicted octanol–water partition coefficient (Wildman–Crippen LogP) is 5.10. The molecule has 0 radical (unpaired) electrons. The quantitative estimate of drug-likeness (QED) is 0.771. The molecule has 2 saturated carbocycles. The highest BCUT2D eigenvalue weighted by Crippen LogP contribution is 2.48. The highest BCUT2D eigenvalue weighted by atomic mass is 16.1. The first-order valence-corrected chi connectivity index (χ1v) is 12.1. The van der Waals surface area contributed by atoms with E-state index in [9.17, 15) is 4.79 Å². The SMILES string of the molecule is C[C@@H]1C[C@@H]2C[C@H](C1)C[C@@H](N1[C@@H]3CCC[C@H]1C[C@@H](n1c(=O)[nH]c4ccccc41)C3)C2. The molecular formula is C25H35N3O. The van der Waals surface area contributed by atoms with Crippen LogP contribution in [0.15, 0.2) is 29.1 Å². The lowest BCUT2D eigenvalue weighted by Gasteiger charge is -2.55. The summed E-state index contributed by atoms with van der Waals surface area (Å²) in [5.41, 5.74) is 2.17. The number of nitrogens with one attached hydrogen (secondary N) is 1. The molecule has 4 aliphatic rings.